The first-order chi connectivity index (χ1) is 19.2. The Morgan fingerprint density at radius 1 is 0.756 bits per heavy atom. The Balaban J connectivity index is 1.71. The van der Waals surface area contributed by atoms with Gasteiger partial charge in [0, 0.05) is 17.0 Å². The van der Waals surface area contributed by atoms with Crippen molar-refractivity contribution in [3.8, 4) is 22.8 Å². The van der Waals surface area contributed by atoms with Crippen LogP contribution in [0.15, 0.2) is 54.7 Å². The van der Waals surface area contributed by atoms with Crippen LogP contribution < -0.4 is 9.30 Å². The zero-order valence-corrected chi connectivity index (χ0v) is 26.8. The first kappa shape index (κ1) is 27.8. The third-order valence-electron chi connectivity index (χ3n) is 8.49. The van der Waals surface area contributed by atoms with Gasteiger partial charge < -0.3 is 4.74 Å². The van der Waals surface area contributed by atoms with Crippen molar-refractivity contribution in [3.05, 3.63) is 77.0 Å². The molecular formula is C39H46NO+. The highest BCUT2D eigenvalue weighted by molar-refractivity contribution is 6.16. The molecule has 41 heavy (non-hydrogen) atoms. The topological polar surface area (TPSA) is 13.1 Å². The van der Waals surface area contributed by atoms with Gasteiger partial charge in [-0.2, -0.15) is 0 Å². The summed E-state index contributed by atoms with van der Waals surface area (Å²) in [7, 11) is 2.19. The number of rotatable bonds is 4. The third-order valence-corrected chi connectivity index (χ3v) is 8.49. The molecule has 1 aliphatic heterocycles. The van der Waals surface area contributed by atoms with Gasteiger partial charge in [0.25, 0.3) is 0 Å². The van der Waals surface area contributed by atoms with E-state index in [1.165, 1.54) is 65.8 Å². The first-order valence-corrected chi connectivity index (χ1v) is 15.3. The molecule has 6 rings (SSSR count). The summed E-state index contributed by atoms with van der Waals surface area (Å²) >= 11 is 0. The monoisotopic (exact) mass is 544 g/mol. The maximum absolute atomic E-state index is 7.07. The van der Waals surface area contributed by atoms with Crippen molar-refractivity contribution in [2.45, 2.75) is 81.6 Å². The molecule has 0 saturated carbocycles. The molecule has 4 aromatic carbocycles. The van der Waals surface area contributed by atoms with Crippen molar-refractivity contribution in [1.29, 1.82) is 0 Å². The van der Waals surface area contributed by atoms with Crippen molar-refractivity contribution in [2.75, 3.05) is 0 Å². The molecule has 0 radical (unpaired) electrons. The fourth-order valence-electron chi connectivity index (χ4n) is 6.96. The number of nitrogens with zero attached hydrogens (tertiary/aromatic N) is 1. The number of hydrogen-bond acceptors (Lipinski definition) is 1. The van der Waals surface area contributed by atoms with E-state index in [0.717, 1.165) is 30.8 Å². The van der Waals surface area contributed by atoms with Crippen LogP contribution in [0.4, 0.5) is 0 Å². The lowest BCUT2D eigenvalue weighted by molar-refractivity contribution is -0.659. The van der Waals surface area contributed by atoms with Gasteiger partial charge >= 0.3 is 0 Å². The van der Waals surface area contributed by atoms with Crippen LogP contribution in [0.2, 0.25) is 0 Å². The minimum Gasteiger partial charge on any atom is -0.455 e. The summed E-state index contributed by atoms with van der Waals surface area (Å²) < 4.78 is 9.39. The number of benzene rings is 4. The molecule has 1 aromatic heterocycles. The second kappa shape index (κ2) is 9.58. The van der Waals surface area contributed by atoms with Gasteiger partial charge in [-0.05, 0) is 87.2 Å². The molecule has 1 aliphatic rings. The molecule has 0 spiro atoms. The predicted octanol–water partition coefficient (Wildman–Crippen LogP) is 10.4. The van der Waals surface area contributed by atoms with Gasteiger partial charge in [0.1, 0.15) is 18.5 Å². The van der Waals surface area contributed by atoms with Crippen LogP contribution in [0, 0.1) is 23.7 Å². The van der Waals surface area contributed by atoms with E-state index in [9.17, 15) is 0 Å². The van der Waals surface area contributed by atoms with E-state index in [1.54, 1.807) is 0 Å². The lowest BCUT2D eigenvalue weighted by Gasteiger charge is -2.29. The molecule has 0 bridgehead atoms. The highest BCUT2D eigenvalue weighted by atomic mass is 16.5. The fourth-order valence-corrected chi connectivity index (χ4v) is 6.96. The second-order valence-corrected chi connectivity index (χ2v) is 15.4. The van der Waals surface area contributed by atoms with E-state index in [-0.39, 0.29) is 10.8 Å². The van der Waals surface area contributed by atoms with Crippen LogP contribution in [-0.2, 0) is 26.3 Å². The zero-order chi connectivity index (χ0) is 29.4. The van der Waals surface area contributed by atoms with Gasteiger partial charge in [0.15, 0.2) is 6.20 Å². The Hall–Kier alpha value is -3.39. The molecule has 0 atom stereocenters. The Kier molecular flexibility index (Phi) is 6.49. The van der Waals surface area contributed by atoms with E-state index in [2.05, 4.69) is 129 Å². The average Bonchev–Trinajstić information content (AvgIpc) is 2.86. The van der Waals surface area contributed by atoms with Gasteiger partial charge in [0.05, 0.1) is 10.9 Å². The molecule has 0 unspecified atom stereocenters. The molecule has 2 heteroatoms. The molecule has 0 N–H and O–H groups in total. The highest BCUT2D eigenvalue weighted by Gasteiger charge is 2.34. The number of hydrogen-bond donors (Lipinski definition) is 0. The summed E-state index contributed by atoms with van der Waals surface area (Å²) in [4.78, 5) is 0. The number of aromatic nitrogens is 1. The van der Waals surface area contributed by atoms with Crippen LogP contribution in [0.25, 0.3) is 43.6 Å². The zero-order valence-electron chi connectivity index (χ0n) is 26.8. The molecule has 2 nitrogen and oxygen atoms in total. The Labute approximate surface area is 246 Å². The SMILES string of the molecule is Cc1c2c(c(CC(C)(C)C)c3ccc(CC(C)(C)C)cc13)Oc1cc3ccc(CC(C)C)cc3c3cc[n+](C)c-2c13. The summed E-state index contributed by atoms with van der Waals surface area (Å²) in [6, 6.07) is 18.7. The molecule has 0 saturated heterocycles. The van der Waals surface area contributed by atoms with Gasteiger partial charge in [-0.15, -0.1) is 0 Å². The minimum absolute atomic E-state index is 0.119. The summed E-state index contributed by atoms with van der Waals surface area (Å²) in [6.07, 6.45) is 5.34. The van der Waals surface area contributed by atoms with Gasteiger partial charge in [0.2, 0.25) is 5.69 Å². The predicted molar refractivity (Wildman–Crippen MR) is 175 cm³/mol. The number of pyridine rings is 1. The molecule has 0 amide bonds. The largest absolute Gasteiger partial charge is 0.455 e. The highest BCUT2D eigenvalue weighted by Crippen LogP contribution is 2.53. The number of ether oxygens (including phenoxy) is 1. The van der Waals surface area contributed by atoms with Crippen LogP contribution in [0.5, 0.6) is 11.5 Å². The normalized spacial score (nSPS) is 13.3. The van der Waals surface area contributed by atoms with E-state index >= 15 is 0 Å². The van der Waals surface area contributed by atoms with Crippen molar-refractivity contribution < 1.29 is 9.30 Å². The Morgan fingerprint density at radius 3 is 2.12 bits per heavy atom. The molecule has 212 valence electrons. The molecular weight excluding hydrogens is 498 g/mol. The standard InChI is InChI=1S/C39H46NO/c1-23(2)17-25-11-13-27-20-33-35-29(31(27)18-25)15-16-40(10)36(35)34-24(3)30-19-26(21-38(4,5)6)12-14-28(30)32(37(34)41-33)22-39(7,8)9/h11-16,18-20,23H,17,21-22H2,1-10H3/q+1. The van der Waals surface area contributed by atoms with Crippen LogP contribution in [0.1, 0.15) is 77.6 Å². The second-order valence-electron chi connectivity index (χ2n) is 15.4. The molecule has 5 aromatic rings. The quantitative estimate of drug-likeness (QED) is 0.159. The number of aryl methyl sites for hydroxylation is 2. The summed E-state index contributed by atoms with van der Waals surface area (Å²) in [6.45, 7) is 20.9. The summed E-state index contributed by atoms with van der Waals surface area (Å²) in [5, 5.41) is 7.74. The number of fused-ring (bicyclic) bond motifs is 5. The van der Waals surface area contributed by atoms with E-state index in [4.69, 9.17) is 4.74 Å². The van der Waals surface area contributed by atoms with Crippen LogP contribution in [-0.4, -0.2) is 0 Å². The first-order valence-electron chi connectivity index (χ1n) is 15.3. The van der Waals surface area contributed by atoms with Crippen LogP contribution in [0.3, 0.4) is 0 Å². The average molecular weight is 545 g/mol. The Morgan fingerprint density at radius 2 is 1.44 bits per heavy atom. The summed E-state index contributed by atoms with van der Waals surface area (Å²) in [5.41, 5.74) is 8.31. The van der Waals surface area contributed by atoms with Gasteiger partial charge in [-0.3, -0.25) is 0 Å². The molecule has 0 fully saturated rings. The van der Waals surface area contributed by atoms with Crippen molar-refractivity contribution >= 4 is 32.3 Å². The van der Waals surface area contributed by atoms with E-state index in [1.807, 2.05) is 0 Å². The smallest absolute Gasteiger partial charge is 0.228 e. The molecule has 2 heterocycles. The maximum atomic E-state index is 7.07. The lowest BCUT2D eigenvalue weighted by Crippen LogP contribution is -2.32. The van der Waals surface area contributed by atoms with Crippen LogP contribution >= 0.6 is 0 Å². The van der Waals surface area contributed by atoms with Crippen molar-refractivity contribution in [2.24, 2.45) is 23.8 Å². The van der Waals surface area contributed by atoms with E-state index < -0.39 is 0 Å². The van der Waals surface area contributed by atoms with Gasteiger partial charge in [-0.1, -0.05) is 91.8 Å². The third kappa shape index (κ3) is 5.00. The molecule has 0 aliphatic carbocycles. The summed E-state index contributed by atoms with van der Waals surface area (Å²) in [5.74, 6) is 2.64. The van der Waals surface area contributed by atoms with Gasteiger partial charge in [-0.25, -0.2) is 4.57 Å². The van der Waals surface area contributed by atoms with Crippen molar-refractivity contribution in [3.63, 3.8) is 0 Å². The lowest BCUT2D eigenvalue weighted by atomic mass is 9.80. The Bertz CT molecular complexity index is 1840. The maximum Gasteiger partial charge on any atom is 0.228 e. The van der Waals surface area contributed by atoms with E-state index in [0.29, 0.717) is 5.92 Å². The minimum atomic E-state index is 0.119. The van der Waals surface area contributed by atoms with Crippen molar-refractivity contribution in [1.82, 2.24) is 0 Å². The fraction of sp³-hybridized carbons (Fsp3) is 0.410.